The molecule has 1 amide bonds. The number of hydrogen-bond acceptors (Lipinski definition) is 2. The Morgan fingerprint density at radius 2 is 2.09 bits per heavy atom. The van der Waals surface area contributed by atoms with E-state index in [1.807, 2.05) is 47.4 Å². The number of rotatable bonds is 3. The first kappa shape index (κ1) is 14.9. The molecule has 0 radical (unpaired) electrons. The molecule has 1 aliphatic rings. The van der Waals surface area contributed by atoms with E-state index < -0.39 is 0 Å². The van der Waals surface area contributed by atoms with Crippen molar-refractivity contribution in [2.24, 2.45) is 0 Å². The molecule has 0 fully saturated rings. The molecule has 1 aliphatic heterocycles. The Morgan fingerprint density at radius 3 is 2.86 bits per heavy atom. The summed E-state index contributed by atoms with van der Waals surface area (Å²) >= 11 is 6.16. The lowest BCUT2D eigenvalue weighted by Gasteiger charge is -2.30. The molecule has 0 saturated heterocycles. The second-order valence-electron chi connectivity index (χ2n) is 5.41. The molecule has 3 rings (SSSR count). The minimum atomic E-state index is 0.0826. The number of carbonyl (C=O) groups is 1. The number of anilines is 1. The summed E-state index contributed by atoms with van der Waals surface area (Å²) in [4.78, 5) is 14.5. The zero-order valence-corrected chi connectivity index (χ0v) is 13.3. The molecule has 2 aromatic rings. The third kappa shape index (κ3) is 2.95. The number of fused-ring (bicyclic) bond motifs is 1. The van der Waals surface area contributed by atoms with Gasteiger partial charge in [-0.25, -0.2) is 0 Å². The van der Waals surface area contributed by atoms with Crippen LogP contribution in [0.4, 0.5) is 5.69 Å². The third-order valence-corrected chi connectivity index (χ3v) is 4.37. The molecule has 2 aromatic carbocycles. The second-order valence-corrected chi connectivity index (χ2v) is 5.82. The third-order valence-electron chi connectivity index (χ3n) is 4.01. The van der Waals surface area contributed by atoms with Crippen molar-refractivity contribution in [2.45, 2.75) is 19.3 Å². The lowest BCUT2D eigenvalue weighted by molar-refractivity contribution is -0.118. The fraction of sp³-hybridized carbons (Fsp3) is 0.278. The first-order valence-corrected chi connectivity index (χ1v) is 7.77. The highest BCUT2D eigenvalue weighted by Crippen LogP contribution is 2.31. The maximum absolute atomic E-state index is 12.7. The molecule has 1 heterocycles. The van der Waals surface area contributed by atoms with Gasteiger partial charge in [0, 0.05) is 17.3 Å². The van der Waals surface area contributed by atoms with E-state index in [0.717, 1.165) is 42.0 Å². The highest BCUT2D eigenvalue weighted by atomic mass is 35.5. The van der Waals surface area contributed by atoms with E-state index in [-0.39, 0.29) is 5.91 Å². The van der Waals surface area contributed by atoms with E-state index in [0.29, 0.717) is 11.4 Å². The monoisotopic (exact) mass is 315 g/mol. The van der Waals surface area contributed by atoms with Gasteiger partial charge < -0.3 is 9.64 Å². The SMILES string of the molecule is COc1ccc2c(c1)CCCN2C(=O)Cc1ccccc1Cl. The van der Waals surface area contributed by atoms with Crippen LogP contribution >= 0.6 is 11.6 Å². The van der Waals surface area contributed by atoms with Crippen LogP contribution in [0.3, 0.4) is 0 Å². The summed E-state index contributed by atoms with van der Waals surface area (Å²) in [5.41, 5.74) is 3.03. The smallest absolute Gasteiger partial charge is 0.231 e. The topological polar surface area (TPSA) is 29.5 Å². The summed E-state index contributed by atoms with van der Waals surface area (Å²) in [7, 11) is 1.66. The molecule has 0 spiro atoms. The van der Waals surface area contributed by atoms with E-state index in [9.17, 15) is 4.79 Å². The van der Waals surface area contributed by atoms with Crippen molar-refractivity contribution in [1.29, 1.82) is 0 Å². The number of hydrogen-bond donors (Lipinski definition) is 0. The van der Waals surface area contributed by atoms with Crippen molar-refractivity contribution in [3.63, 3.8) is 0 Å². The molecule has 22 heavy (non-hydrogen) atoms. The molecule has 3 nitrogen and oxygen atoms in total. The molecule has 0 aliphatic carbocycles. The lowest BCUT2D eigenvalue weighted by Crippen LogP contribution is -2.36. The summed E-state index contributed by atoms with van der Waals surface area (Å²) in [6.45, 7) is 0.753. The second kappa shape index (κ2) is 6.41. The molecule has 114 valence electrons. The minimum Gasteiger partial charge on any atom is -0.497 e. The van der Waals surface area contributed by atoms with Crippen LogP contribution in [0.1, 0.15) is 17.5 Å². The van der Waals surface area contributed by atoms with Crippen molar-refractivity contribution in [2.75, 3.05) is 18.6 Å². The Balaban J connectivity index is 1.84. The molecule has 0 saturated carbocycles. The van der Waals surface area contributed by atoms with Gasteiger partial charge in [-0.2, -0.15) is 0 Å². The van der Waals surface area contributed by atoms with Crippen LogP contribution in [0.15, 0.2) is 42.5 Å². The van der Waals surface area contributed by atoms with Gasteiger partial charge in [-0.3, -0.25) is 4.79 Å². The van der Waals surface area contributed by atoms with Gasteiger partial charge in [0.25, 0.3) is 0 Å². The number of halogens is 1. The average molecular weight is 316 g/mol. The molecule has 0 atom stereocenters. The van der Waals surface area contributed by atoms with E-state index in [1.54, 1.807) is 7.11 Å². The zero-order valence-electron chi connectivity index (χ0n) is 12.5. The Bertz CT molecular complexity index is 699. The summed E-state index contributed by atoms with van der Waals surface area (Å²) in [5, 5.41) is 0.641. The van der Waals surface area contributed by atoms with Crippen molar-refractivity contribution in [1.82, 2.24) is 0 Å². The standard InChI is InChI=1S/C18H18ClNO2/c1-22-15-8-9-17-14(11-15)6-4-10-20(17)18(21)12-13-5-2-3-7-16(13)19/h2-3,5,7-9,11H,4,6,10,12H2,1H3. The van der Waals surface area contributed by atoms with Crippen molar-refractivity contribution in [3.8, 4) is 5.75 Å². The van der Waals surface area contributed by atoms with Gasteiger partial charge in [-0.15, -0.1) is 0 Å². The van der Waals surface area contributed by atoms with Gasteiger partial charge in [0.05, 0.1) is 13.5 Å². The first-order valence-electron chi connectivity index (χ1n) is 7.39. The van der Waals surface area contributed by atoms with Crippen LogP contribution in [0, 0.1) is 0 Å². The molecule has 4 heteroatoms. The van der Waals surface area contributed by atoms with Crippen molar-refractivity contribution < 1.29 is 9.53 Å². The minimum absolute atomic E-state index is 0.0826. The van der Waals surface area contributed by atoms with Crippen LogP contribution < -0.4 is 9.64 Å². The lowest BCUT2D eigenvalue weighted by atomic mass is 10.0. The summed E-state index contributed by atoms with van der Waals surface area (Å²) in [6, 6.07) is 13.4. The molecule has 0 unspecified atom stereocenters. The van der Waals surface area contributed by atoms with Crippen LogP contribution in [0.5, 0.6) is 5.75 Å². The first-order chi connectivity index (χ1) is 10.7. The Hall–Kier alpha value is -2.00. The summed E-state index contributed by atoms with van der Waals surface area (Å²) in [6.07, 6.45) is 2.27. The van der Waals surface area contributed by atoms with E-state index >= 15 is 0 Å². The average Bonchev–Trinajstić information content (AvgIpc) is 2.55. The van der Waals surface area contributed by atoms with Crippen LogP contribution in [-0.2, 0) is 17.6 Å². The van der Waals surface area contributed by atoms with Crippen molar-refractivity contribution >= 4 is 23.2 Å². The van der Waals surface area contributed by atoms with Gasteiger partial charge in [0.15, 0.2) is 0 Å². The van der Waals surface area contributed by atoms with Gasteiger partial charge in [0.1, 0.15) is 5.75 Å². The van der Waals surface area contributed by atoms with Crippen LogP contribution in [0.25, 0.3) is 0 Å². The van der Waals surface area contributed by atoms with E-state index in [4.69, 9.17) is 16.3 Å². The fourth-order valence-corrected chi connectivity index (χ4v) is 3.06. The number of carbonyl (C=O) groups excluding carboxylic acids is 1. The quantitative estimate of drug-likeness (QED) is 0.860. The zero-order chi connectivity index (χ0) is 15.5. The highest BCUT2D eigenvalue weighted by Gasteiger charge is 2.23. The Kier molecular flexibility index (Phi) is 4.34. The maximum Gasteiger partial charge on any atom is 0.231 e. The normalized spacial score (nSPS) is 13.6. The fourth-order valence-electron chi connectivity index (χ4n) is 2.86. The van der Waals surface area contributed by atoms with Crippen molar-refractivity contribution in [3.05, 3.63) is 58.6 Å². The van der Waals surface area contributed by atoms with E-state index in [1.165, 1.54) is 0 Å². The number of aryl methyl sites for hydroxylation is 1. The molecular formula is C18H18ClNO2. The maximum atomic E-state index is 12.7. The molecular weight excluding hydrogens is 298 g/mol. The van der Waals surface area contributed by atoms with E-state index in [2.05, 4.69) is 0 Å². The predicted molar refractivity (Wildman–Crippen MR) is 88.8 cm³/mol. The number of nitrogens with zero attached hydrogens (tertiary/aromatic N) is 1. The van der Waals surface area contributed by atoms with Gasteiger partial charge in [-0.05, 0) is 48.2 Å². The van der Waals surface area contributed by atoms with Crippen LogP contribution in [0.2, 0.25) is 5.02 Å². The number of amides is 1. The number of methoxy groups -OCH3 is 1. The molecule has 0 bridgehead atoms. The molecule has 0 N–H and O–H groups in total. The largest absolute Gasteiger partial charge is 0.497 e. The van der Waals surface area contributed by atoms with Gasteiger partial charge in [0.2, 0.25) is 5.91 Å². The summed E-state index contributed by atoms with van der Waals surface area (Å²) < 4.78 is 5.27. The van der Waals surface area contributed by atoms with Gasteiger partial charge >= 0.3 is 0 Å². The van der Waals surface area contributed by atoms with Crippen LogP contribution in [-0.4, -0.2) is 19.6 Å². The summed E-state index contributed by atoms with van der Waals surface area (Å²) in [5.74, 6) is 0.915. The van der Waals surface area contributed by atoms with Gasteiger partial charge in [-0.1, -0.05) is 29.8 Å². The number of ether oxygens (including phenoxy) is 1. The Labute approximate surface area is 135 Å². The number of benzene rings is 2. The Morgan fingerprint density at radius 1 is 1.27 bits per heavy atom. The predicted octanol–water partition coefficient (Wildman–Crippen LogP) is 3.87. The molecule has 0 aromatic heterocycles. The highest BCUT2D eigenvalue weighted by molar-refractivity contribution is 6.31.